The number of hydrogen-bond donors (Lipinski definition) is 0. The Morgan fingerprint density at radius 3 is 2.50 bits per heavy atom. The molecule has 0 amide bonds. The summed E-state index contributed by atoms with van der Waals surface area (Å²) in [6.45, 7) is 0. The van der Waals surface area contributed by atoms with Crippen molar-refractivity contribution in [3.05, 3.63) is 34.1 Å². The Labute approximate surface area is 92.6 Å². The molecule has 1 saturated carbocycles. The molecule has 2 heteroatoms. The van der Waals surface area contributed by atoms with Crippen LogP contribution in [-0.4, -0.2) is 0 Å². The highest BCUT2D eigenvalue weighted by molar-refractivity contribution is 9.10. The first-order valence-corrected chi connectivity index (χ1v) is 6.01. The van der Waals surface area contributed by atoms with E-state index in [0.29, 0.717) is 10.4 Å². The van der Waals surface area contributed by atoms with Gasteiger partial charge in [-0.15, -0.1) is 0 Å². The van der Waals surface area contributed by atoms with Gasteiger partial charge in [-0.2, -0.15) is 0 Å². The molecule has 0 atom stereocenters. The lowest BCUT2D eigenvalue weighted by molar-refractivity contribution is 0.442. The summed E-state index contributed by atoms with van der Waals surface area (Å²) < 4.78 is 13.9. The third-order valence-corrected chi connectivity index (χ3v) is 3.66. The van der Waals surface area contributed by atoms with Gasteiger partial charge in [0, 0.05) is 0 Å². The number of halogens is 2. The fourth-order valence-electron chi connectivity index (χ4n) is 2.20. The number of benzene rings is 1. The zero-order valence-corrected chi connectivity index (χ0v) is 9.69. The molecule has 14 heavy (non-hydrogen) atoms. The Hall–Kier alpha value is -0.370. The SMILES string of the molecule is Fc1cc(C2CCCCC2)ccc1Br. The monoisotopic (exact) mass is 256 g/mol. The van der Waals surface area contributed by atoms with E-state index >= 15 is 0 Å². The Balaban J connectivity index is 2.18. The molecule has 0 unspecified atom stereocenters. The van der Waals surface area contributed by atoms with Crippen molar-refractivity contribution >= 4 is 15.9 Å². The van der Waals surface area contributed by atoms with Crippen molar-refractivity contribution in [1.82, 2.24) is 0 Å². The van der Waals surface area contributed by atoms with Crippen molar-refractivity contribution in [3.8, 4) is 0 Å². The Kier molecular flexibility index (Phi) is 3.22. The van der Waals surface area contributed by atoms with E-state index in [1.807, 2.05) is 12.1 Å². The number of hydrogen-bond acceptors (Lipinski definition) is 0. The first-order chi connectivity index (χ1) is 6.77. The van der Waals surface area contributed by atoms with Gasteiger partial charge >= 0.3 is 0 Å². The molecule has 0 spiro atoms. The molecule has 0 saturated heterocycles. The maximum Gasteiger partial charge on any atom is 0.137 e. The van der Waals surface area contributed by atoms with Crippen LogP contribution < -0.4 is 0 Å². The second-order valence-electron chi connectivity index (χ2n) is 4.01. The number of rotatable bonds is 1. The summed E-state index contributed by atoms with van der Waals surface area (Å²) in [6, 6.07) is 5.54. The van der Waals surface area contributed by atoms with Crippen molar-refractivity contribution in [1.29, 1.82) is 0 Å². The van der Waals surface area contributed by atoms with Crippen LogP contribution in [0.3, 0.4) is 0 Å². The predicted molar refractivity (Wildman–Crippen MR) is 59.9 cm³/mol. The average Bonchev–Trinajstić information content (AvgIpc) is 2.23. The lowest BCUT2D eigenvalue weighted by Crippen LogP contribution is -2.04. The first-order valence-electron chi connectivity index (χ1n) is 5.22. The van der Waals surface area contributed by atoms with Crippen molar-refractivity contribution in [3.63, 3.8) is 0 Å². The lowest BCUT2D eigenvalue weighted by Gasteiger charge is -2.21. The summed E-state index contributed by atoms with van der Waals surface area (Å²) in [5, 5.41) is 0. The van der Waals surface area contributed by atoms with E-state index in [4.69, 9.17) is 0 Å². The molecular weight excluding hydrogens is 243 g/mol. The third-order valence-electron chi connectivity index (χ3n) is 3.02. The molecule has 0 heterocycles. The van der Waals surface area contributed by atoms with Gasteiger partial charge in [-0.3, -0.25) is 0 Å². The molecule has 1 aliphatic rings. The third kappa shape index (κ3) is 2.17. The van der Waals surface area contributed by atoms with E-state index in [0.717, 1.165) is 0 Å². The molecule has 0 radical (unpaired) electrons. The van der Waals surface area contributed by atoms with Gasteiger partial charge in [-0.25, -0.2) is 4.39 Å². The summed E-state index contributed by atoms with van der Waals surface area (Å²) in [5.41, 5.74) is 1.17. The van der Waals surface area contributed by atoms with Crippen LogP contribution in [-0.2, 0) is 0 Å². The Morgan fingerprint density at radius 1 is 1.14 bits per heavy atom. The van der Waals surface area contributed by atoms with Crippen LogP contribution >= 0.6 is 15.9 Å². The minimum atomic E-state index is -0.131. The van der Waals surface area contributed by atoms with E-state index in [9.17, 15) is 4.39 Å². The fraction of sp³-hybridized carbons (Fsp3) is 0.500. The van der Waals surface area contributed by atoms with Gasteiger partial charge in [0.05, 0.1) is 4.47 Å². The highest BCUT2D eigenvalue weighted by Crippen LogP contribution is 2.33. The molecule has 1 aliphatic carbocycles. The average molecular weight is 257 g/mol. The topological polar surface area (TPSA) is 0 Å². The van der Waals surface area contributed by atoms with Crippen LogP contribution in [0.4, 0.5) is 4.39 Å². The summed E-state index contributed by atoms with van der Waals surface area (Å²) in [4.78, 5) is 0. The van der Waals surface area contributed by atoms with Crippen molar-refractivity contribution in [2.75, 3.05) is 0 Å². The van der Waals surface area contributed by atoms with Crippen LogP contribution in [0.5, 0.6) is 0 Å². The van der Waals surface area contributed by atoms with Gasteiger partial charge in [0.15, 0.2) is 0 Å². The molecule has 0 N–H and O–H groups in total. The summed E-state index contributed by atoms with van der Waals surface area (Å²) in [6.07, 6.45) is 6.38. The van der Waals surface area contributed by atoms with Crippen LogP contribution in [0.25, 0.3) is 0 Å². The zero-order chi connectivity index (χ0) is 9.97. The molecule has 0 aromatic heterocycles. The smallest absolute Gasteiger partial charge is 0.137 e. The van der Waals surface area contributed by atoms with Gasteiger partial charge in [0.1, 0.15) is 5.82 Å². The minimum absolute atomic E-state index is 0.131. The fourth-order valence-corrected chi connectivity index (χ4v) is 2.45. The lowest BCUT2D eigenvalue weighted by atomic mass is 9.84. The Bertz CT molecular complexity index is 316. The highest BCUT2D eigenvalue weighted by atomic mass is 79.9. The molecule has 1 fully saturated rings. The second kappa shape index (κ2) is 4.43. The van der Waals surface area contributed by atoms with E-state index in [1.165, 1.54) is 37.7 Å². The van der Waals surface area contributed by atoms with Gasteiger partial charge < -0.3 is 0 Å². The van der Waals surface area contributed by atoms with E-state index in [1.54, 1.807) is 6.07 Å². The molecule has 0 bridgehead atoms. The maximum absolute atomic E-state index is 13.3. The maximum atomic E-state index is 13.3. The Morgan fingerprint density at radius 2 is 1.86 bits per heavy atom. The van der Waals surface area contributed by atoms with Gasteiger partial charge in [0.2, 0.25) is 0 Å². The van der Waals surface area contributed by atoms with E-state index in [2.05, 4.69) is 15.9 Å². The second-order valence-corrected chi connectivity index (χ2v) is 4.86. The zero-order valence-electron chi connectivity index (χ0n) is 8.10. The van der Waals surface area contributed by atoms with Gasteiger partial charge in [-0.1, -0.05) is 25.3 Å². The molecule has 0 aliphatic heterocycles. The molecule has 76 valence electrons. The van der Waals surface area contributed by atoms with Crippen molar-refractivity contribution in [2.45, 2.75) is 38.0 Å². The van der Waals surface area contributed by atoms with Crippen LogP contribution in [0.1, 0.15) is 43.6 Å². The van der Waals surface area contributed by atoms with Crippen LogP contribution in [0.15, 0.2) is 22.7 Å². The van der Waals surface area contributed by atoms with Crippen molar-refractivity contribution in [2.24, 2.45) is 0 Å². The molecular formula is C12H14BrF. The minimum Gasteiger partial charge on any atom is -0.206 e. The summed E-state index contributed by atoms with van der Waals surface area (Å²) in [7, 11) is 0. The van der Waals surface area contributed by atoms with Crippen molar-refractivity contribution < 1.29 is 4.39 Å². The molecule has 0 nitrogen and oxygen atoms in total. The standard InChI is InChI=1S/C12H14BrF/c13-11-7-6-10(8-12(11)14)9-4-2-1-3-5-9/h6-9H,1-5H2. The van der Waals surface area contributed by atoms with Gasteiger partial charge in [-0.05, 0) is 52.4 Å². The summed E-state index contributed by atoms with van der Waals surface area (Å²) >= 11 is 3.18. The normalized spacial score (nSPS) is 18.4. The molecule has 2 rings (SSSR count). The van der Waals surface area contributed by atoms with Gasteiger partial charge in [0.25, 0.3) is 0 Å². The first kappa shape index (κ1) is 10.2. The molecule has 1 aromatic carbocycles. The highest BCUT2D eigenvalue weighted by Gasteiger charge is 2.16. The largest absolute Gasteiger partial charge is 0.206 e. The summed E-state index contributed by atoms with van der Waals surface area (Å²) in [5.74, 6) is 0.458. The van der Waals surface area contributed by atoms with E-state index < -0.39 is 0 Å². The molecule has 1 aromatic rings. The van der Waals surface area contributed by atoms with Crippen LogP contribution in [0, 0.1) is 5.82 Å². The van der Waals surface area contributed by atoms with E-state index in [-0.39, 0.29) is 5.82 Å². The van der Waals surface area contributed by atoms with Crippen LogP contribution in [0.2, 0.25) is 0 Å². The predicted octanol–water partition coefficient (Wildman–Crippen LogP) is 4.64. The quantitative estimate of drug-likeness (QED) is 0.687.